The molecule has 0 amide bonds. The van der Waals surface area contributed by atoms with E-state index in [1.165, 1.54) is 0 Å². The smallest absolute Gasteiger partial charge is 0.347 e. The van der Waals surface area contributed by atoms with Crippen LogP contribution >= 0.6 is 11.3 Å². The van der Waals surface area contributed by atoms with Gasteiger partial charge in [0.25, 0.3) is 0 Å². The first kappa shape index (κ1) is 17.9. The van der Waals surface area contributed by atoms with E-state index in [-0.39, 0.29) is 4.88 Å². The SMILES string of the molecule is Cc1ccccc1OCCOc1ccccc1-c1nc(C)c(C(=O)O)s1. The van der Waals surface area contributed by atoms with Crippen LogP contribution in [0.3, 0.4) is 0 Å². The van der Waals surface area contributed by atoms with E-state index in [9.17, 15) is 9.90 Å². The van der Waals surface area contributed by atoms with E-state index in [1.807, 2.05) is 55.5 Å². The Balaban J connectivity index is 1.69. The molecule has 1 aromatic heterocycles. The number of carboxylic acids is 1. The van der Waals surface area contributed by atoms with Gasteiger partial charge in [-0.25, -0.2) is 9.78 Å². The summed E-state index contributed by atoms with van der Waals surface area (Å²) < 4.78 is 11.6. The van der Waals surface area contributed by atoms with Crippen LogP contribution in [0.1, 0.15) is 20.9 Å². The summed E-state index contributed by atoms with van der Waals surface area (Å²) in [6.45, 7) is 4.48. The van der Waals surface area contributed by atoms with E-state index in [0.717, 1.165) is 28.2 Å². The molecule has 3 rings (SSSR count). The van der Waals surface area contributed by atoms with Crippen molar-refractivity contribution in [1.29, 1.82) is 0 Å². The van der Waals surface area contributed by atoms with Crippen molar-refractivity contribution < 1.29 is 19.4 Å². The van der Waals surface area contributed by atoms with Gasteiger partial charge in [-0.1, -0.05) is 30.3 Å². The molecule has 1 heterocycles. The van der Waals surface area contributed by atoms with E-state index in [2.05, 4.69) is 4.98 Å². The Labute approximate surface area is 155 Å². The summed E-state index contributed by atoms with van der Waals surface area (Å²) in [5.41, 5.74) is 2.37. The van der Waals surface area contributed by atoms with Gasteiger partial charge in [-0.15, -0.1) is 11.3 Å². The fraction of sp³-hybridized carbons (Fsp3) is 0.200. The first-order chi connectivity index (χ1) is 12.6. The highest BCUT2D eigenvalue weighted by Gasteiger charge is 2.17. The third-order valence-electron chi connectivity index (χ3n) is 3.80. The van der Waals surface area contributed by atoms with Crippen LogP contribution in [0.15, 0.2) is 48.5 Å². The minimum absolute atomic E-state index is 0.248. The summed E-state index contributed by atoms with van der Waals surface area (Å²) in [7, 11) is 0. The third-order valence-corrected chi connectivity index (χ3v) is 4.98. The molecular formula is C20H19NO4S. The van der Waals surface area contributed by atoms with Crippen LogP contribution in [0, 0.1) is 13.8 Å². The van der Waals surface area contributed by atoms with Gasteiger partial charge in [0.2, 0.25) is 0 Å². The molecular weight excluding hydrogens is 350 g/mol. The summed E-state index contributed by atoms with van der Waals surface area (Å²) >= 11 is 1.15. The lowest BCUT2D eigenvalue weighted by Gasteiger charge is -2.12. The maximum atomic E-state index is 11.2. The van der Waals surface area contributed by atoms with E-state index < -0.39 is 5.97 Å². The van der Waals surface area contributed by atoms with Gasteiger partial charge in [-0.05, 0) is 37.6 Å². The average molecular weight is 369 g/mol. The van der Waals surface area contributed by atoms with Crippen molar-refractivity contribution in [3.63, 3.8) is 0 Å². The normalized spacial score (nSPS) is 10.5. The molecule has 0 fully saturated rings. The summed E-state index contributed by atoms with van der Waals surface area (Å²) in [5.74, 6) is 0.536. The fourth-order valence-electron chi connectivity index (χ4n) is 2.50. The van der Waals surface area contributed by atoms with Crippen LogP contribution in [-0.4, -0.2) is 29.3 Å². The number of carboxylic acid groups (broad SMARTS) is 1. The maximum absolute atomic E-state index is 11.2. The number of nitrogens with zero attached hydrogens (tertiary/aromatic N) is 1. The second-order valence-corrected chi connectivity index (χ2v) is 6.70. The molecule has 0 unspecified atom stereocenters. The van der Waals surface area contributed by atoms with Crippen molar-refractivity contribution in [3.8, 4) is 22.1 Å². The number of ether oxygens (including phenoxy) is 2. The lowest BCUT2D eigenvalue weighted by molar-refractivity contribution is 0.0701. The molecule has 3 aromatic rings. The molecule has 0 atom stereocenters. The van der Waals surface area contributed by atoms with E-state index in [1.54, 1.807) is 6.92 Å². The number of aromatic carboxylic acids is 1. The van der Waals surface area contributed by atoms with Gasteiger partial charge in [0.15, 0.2) is 0 Å². The Bertz CT molecular complexity index is 920. The number of para-hydroxylation sites is 2. The molecule has 0 aliphatic heterocycles. The number of carbonyl (C=O) groups is 1. The Morgan fingerprint density at radius 1 is 1.00 bits per heavy atom. The van der Waals surface area contributed by atoms with Crippen LogP contribution in [0.25, 0.3) is 10.6 Å². The van der Waals surface area contributed by atoms with E-state index in [0.29, 0.717) is 29.7 Å². The molecule has 0 spiro atoms. The Hall–Kier alpha value is -2.86. The number of aromatic nitrogens is 1. The molecule has 1 N–H and O–H groups in total. The Morgan fingerprint density at radius 3 is 2.27 bits per heavy atom. The van der Waals surface area contributed by atoms with Gasteiger partial charge >= 0.3 is 5.97 Å². The van der Waals surface area contributed by atoms with E-state index in [4.69, 9.17) is 9.47 Å². The van der Waals surface area contributed by atoms with Gasteiger partial charge < -0.3 is 14.6 Å². The van der Waals surface area contributed by atoms with Crippen LogP contribution in [0.5, 0.6) is 11.5 Å². The Morgan fingerprint density at radius 2 is 1.62 bits per heavy atom. The monoisotopic (exact) mass is 369 g/mol. The highest BCUT2D eigenvalue weighted by atomic mass is 32.1. The lowest BCUT2D eigenvalue weighted by atomic mass is 10.2. The highest BCUT2D eigenvalue weighted by molar-refractivity contribution is 7.17. The fourth-order valence-corrected chi connectivity index (χ4v) is 3.44. The number of thiazole rings is 1. The predicted octanol–water partition coefficient (Wildman–Crippen LogP) is 4.58. The molecule has 0 saturated carbocycles. The molecule has 0 aliphatic rings. The number of hydrogen-bond donors (Lipinski definition) is 1. The number of benzene rings is 2. The van der Waals surface area contributed by atoms with Crippen molar-refractivity contribution in [2.45, 2.75) is 13.8 Å². The zero-order valence-electron chi connectivity index (χ0n) is 14.6. The molecule has 0 radical (unpaired) electrons. The standard InChI is InChI=1S/C20H19NO4S/c1-13-7-3-5-9-16(13)24-11-12-25-17-10-6-4-8-15(17)19-21-14(2)18(26-19)20(22)23/h3-10H,11-12H2,1-2H3,(H,22,23). The van der Waals surface area contributed by atoms with Crippen LogP contribution < -0.4 is 9.47 Å². The zero-order valence-corrected chi connectivity index (χ0v) is 15.4. The molecule has 0 bridgehead atoms. The first-order valence-electron chi connectivity index (χ1n) is 8.17. The highest BCUT2D eigenvalue weighted by Crippen LogP contribution is 2.34. The third kappa shape index (κ3) is 4.03. The maximum Gasteiger partial charge on any atom is 0.347 e. The minimum atomic E-state index is -0.962. The molecule has 6 heteroatoms. The first-order valence-corrected chi connectivity index (χ1v) is 8.99. The van der Waals surface area contributed by atoms with Crippen LogP contribution in [0.2, 0.25) is 0 Å². The van der Waals surface area contributed by atoms with E-state index >= 15 is 0 Å². The summed E-state index contributed by atoms with van der Waals surface area (Å²) in [4.78, 5) is 15.9. The predicted molar refractivity (Wildman–Crippen MR) is 101 cm³/mol. The molecule has 0 saturated heterocycles. The summed E-state index contributed by atoms with van der Waals surface area (Å²) in [6, 6.07) is 15.3. The molecule has 5 nitrogen and oxygen atoms in total. The summed E-state index contributed by atoms with van der Waals surface area (Å²) in [6.07, 6.45) is 0. The van der Waals surface area contributed by atoms with Gasteiger partial charge in [0.1, 0.15) is 34.6 Å². The van der Waals surface area contributed by atoms with Crippen LogP contribution in [-0.2, 0) is 0 Å². The molecule has 2 aromatic carbocycles. The second-order valence-electron chi connectivity index (χ2n) is 5.70. The number of hydrogen-bond acceptors (Lipinski definition) is 5. The quantitative estimate of drug-likeness (QED) is 0.617. The summed E-state index contributed by atoms with van der Waals surface area (Å²) in [5, 5.41) is 9.86. The molecule has 134 valence electrons. The average Bonchev–Trinajstić information content (AvgIpc) is 3.02. The molecule has 0 aliphatic carbocycles. The van der Waals surface area contributed by atoms with Crippen molar-refractivity contribution >= 4 is 17.3 Å². The number of rotatable bonds is 7. The topological polar surface area (TPSA) is 68.7 Å². The largest absolute Gasteiger partial charge is 0.490 e. The lowest BCUT2D eigenvalue weighted by Crippen LogP contribution is -2.10. The molecule has 26 heavy (non-hydrogen) atoms. The minimum Gasteiger partial charge on any atom is -0.490 e. The number of aryl methyl sites for hydroxylation is 2. The van der Waals surface area contributed by atoms with Gasteiger partial charge in [0, 0.05) is 0 Å². The van der Waals surface area contributed by atoms with Crippen molar-refractivity contribution in [2.24, 2.45) is 0 Å². The van der Waals surface area contributed by atoms with Gasteiger partial charge in [0.05, 0.1) is 11.3 Å². The van der Waals surface area contributed by atoms with Crippen molar-refractivity contribution in [1.82, 2.24) is 4.98 Å². The second kappa shape index (κ2) is 8.01. The van der Waals surface area contributed by atoms with Crippen molar-refractivity contribution in [2.75, 3.05) is 13.2 Å². The Kier molecular flexibility index (Phi) is 5.53. The zero-order chi connectivity index (χ0) is 18.5. The van der Waals surface area contributed by atoms with Gasteiger partial charge in [-0.3, -0.25) is 0 Å². The van der Waals surface area contributed by atoms with Crippen LogP contribution in [0.4, 0.5) is 0 Å². The van der Waals surface area contributed by atoms with Gasteiger partial charge in [-0.2, -0.15) is 0 Å². The van der Waals surface area contributed by atoms with Crippen molar-refractivity contribution in [3.05, 3.63) is 64.7 Å².